The molecule has 1 saturated carbocycles. The minimum atomic E-state index is -4.77. The van der Waals surface area contributed by atoms with Gasteiger partial charge in [-0.05, 0) is 48.4 Å². The van der Waals surface area contributed by atoms with E-state index in [-0.39, 0.29) is 17.2 Å². The van der Waals surface area contributed by atoms with Gasteiger partial charge >= 0.3 is 6.36 Å². The van der Waals surface area contributed by atoms with Crippen LogP contribution in [0.25, 0.3) is 0 Å². The second-order valence-corrected chi connectivity index (χ2v) is 7.96. The van der Waals surface area contributed by atoms with Gasteiger partial charge in [0, 0.05) is 31.7 Å². The zero-order chi connectivity index (χ0) is 20.6. The molecule has 0 spiro atoms. The van der Waals surface area contributed by atoms with Gasteiger partial charge in [0.15, 0.2) is 0 Å². The van der Waals surface area contributed by atoms with Crippen molar-refractivity contribution in [1.29, 1.82) is 0 Å². The van der Waals surface area contributed by atoms with E-state index < -0.39 is 6.36 Å². The Morgan fingerprint density at radius 2 is 1.83 bits per heavy atom. The maximum Gasteiger partial charge on any atom is 0.573 e. The number of benzene rings is 2. The Bertz CT molecular complexity index is 870. The molecule has 2 atom stereocenters. The smallest absolute Gasteiger partial charge is 0.406 e. The van der Waals surface area contributed by atoms with Crippen LogP contribution in [0, 0.1) is 24.7 Å². The third-order valence-electron chi connectivity index (χ3n) is 5.80. The van der Waals surface area contributed by atoms with Gasteiger partial charge in [0.2, 0.25) is 0 Å². The van der Waals surface area contributed by atoms with Crippen LogP contribution in [0.2, 0.25) is 0 Å². The second kappa shape index (κ2) is 7.71. The highest BCUT2D eigenvalue weighted by molar-refractivity contribution is 5.94. The third-order valence-corrected chi connectivity index (χ3v) is 5.80. The number of rotatable bonds is 6. The molecule has 0 radical (unpaired) electrons. The number of alkyl halides is 3. The van der Waals surface area contributed by atoms with Gasteiger partial charge in [-0.3, -0.25) is 9.69 Å². The van der Waals surface area contributed by atoms with E-state index in [0.29, 0.717) is 24.3 Å². The summed E-state index contributed by atoms with van der Waals surface area (Å²) in [4.78, 5) is 14.7. The summed E-state index contributed by atoms with van der Waals surface area (Å²) in [5.41, 5.74) is 2.73. The number of nitrogens with one attached hydrogen (secondary N) is 1. The van der Waals surface area contributed by atoms with E-state index in [1.54, 1.807) is 0 Å². The molecule has 1 aliphatic carbocycles. The molecule has 2 aromatic carbocycles. The Labute approximate surface area is 167 Å². The molecule has 4 nitrogen and oxygen atoms in total. The van der Waals surface area contributed by atoms with Crippen LogP contribution in [0.4, 0.5) is 13.2 Å². The molecule has 1 saturated heterocycles. The van der Waals surface area contributed by atoms with Crippen LogP contribution in [0.3, 0.4) is 0 Å². The molecule has 2 fully saturated rings. The Kier molecular flexibility index (Phi) is 5.25. The molecular formula is C22H23F3N2O2. The quantitative estimate of drug-likeness (QED) is 0.791. The van der Waals surface area contributed by atoms with Gasteiger partial charge in [-0.2, -0.15) is 0 Å². The average Bonchev–Trinajstić information content (AvgIpc) is 3.11. The number of amides is 1. The van der Waals surface area contributed by atoms with Crippen LogP contribution in [-0.4, -0.2) is 36.8 Å². The molecule has 1 aliphatic heterocycles. The fourth-order valence-corrected chi connectivity index (χ4v) is 4.27. The number of fused-ring (bicyclic) bond motifs is 1. The fourth-order valence-electron chi connectivity index (χ4n) is 4.27. The monoisotopic (exact) mass is 404 g/mol. The predicted molar refractivity (Wildman–Crippen MR) is 102 cm³/mol. The topological polar surface area (TPSA) is 41.6 Å². The van der Waals surface area contributed by atoms with E-state index in [0.717, 1.165) is 25.7 Å². The van der Waals surface area contributed by atoms with Crippen LogP contribution >= 0.6 is 0 Å². The van der Waals surface area contributed by atoms with Crippen molar-refractivity contribution in [2.75, 3.05) is 19.6 Å². The molecule has 0 aromatic heterocycles. The molecular weight excluding hydrogens is 381 g/mol. The number of carbonyl (C=O) groups is 1. The lowest BCUT2D eigenvalue weighted by molar-refractivity contribution is -0.274. The van der Waals surface area contributed by atoms with Crippen LogP contribution in [0.1, 0.15) is 21.5 Å². The van der Waals surface area contributed by atoms with Gasteiger partial charge < -0.3 is 10.1 Å². The number of hydrogen-bond acceptors (Lipinski definition) is 3. The van der Waals surface area contributed by atoms with Gasteiger partial charge in [0.05, 0.1) is 0 Å². The first-order valence-corrected chi connectivity index (χ1v) is 9.70. The summed E-state index contributed by atoms with van der Waals surface area (Å²) < 4.78 is 40.9. The summed E-state index contributed by atoms with van der Waals surface area (Å²) in [6, 6.07) is 13.7. The Balaban J connectivity index is 1.23. The van der Waals surface area contributed by atoms with Gasteiger partial charge in [-0.25, -0.2) is 0 Å². The number of nitrogens with zero attached hydrogens (tertiary/aromatic N) is 1. The molecule has 1 heterocycles. The van der Waals surface area contributed by atoms with Crippen LogP contribution in [-0.2, 0) is 6.54 Å². The van der Waals surface area contributed by atoms with Gasteiger partial charge in [0.1, 0.15) is 5.75 Å². The number of piperidine rings is 1. The molecule has 7 heteroatoms. The van der Waals surface area contributed by atoms with Crippen LogP contribution in [0.5, 0.6) is 5.75 Å². The van der Waals surface area contributed by atoms with Crippen molar-refractivity contribution in [3.8, 4) is 5.75 Å². The summed E-state index contributed by atoms with van der Waals surface area (Å²) in [6.07, 6.45) is -4.77. The Hall–Kier alpha value is -2.54. The summed E-state index contributed by atoms with van der Waals surface area (Å²) in [5.74, 6) is 0.850. The van der Waals surface area contributed by atoms with Crippen LogP contribution < -0.4 is 10.1 Å². The van der Waals surface area contributed by atoms with E-state index in [4.69, 9.17) is 0 Å². The number of hydrogen-bond donors (Lipinski definition) is 1. The lowest BCUT2D eigenvalue weighted by Gasteiger charge is -2.19. The van der Waals surface area contributed by atoms with Crippen molar-refractivity contribution >= 4 is 5.91 Å². The molecule has 154 valence electrons. The fraction of sp³-hybridized carbons (Fsp3) is 0.409. The SMILES string of the molecule is Cc1ccc(CN2CC3C(CNC(=O)c4cccc(OC(F)(F)F)c4)C3C2)cc1. The van der Waals surface area contributed by atoms with Crippen molar-refractivity contribution in [3.05, 3.63) is 65.2 Å². The van der Waals surface area contributed by atoms with Crippen molar-refractivity contribution < 1.29 is 22.7 Å². The minimum Gasteiger partial charge on any atom is -0.406 e. The Morgan fingerprint density at radius 1 is 1.14 bits per heavy atom. The number of aryl methyl sites for hydroxylation is 1. The van der Waals surface area contributed by atoms with E-state index in [1.165, 1.54) is 29.3 Å². The highest BCUT2D eigenvalue weighted by Gasteiger charge is 2.55. The zero-order valence-corrected chi connectivity index (χ0v) is 16.1. The van der Waals surface area contributed by atoms with E-state index >= 15 is 0 Å². The molecule has 2 unspecified atom stereocenters. The van der Waals surface area contributed by atoms with Gasteiger partial charge in [-0.1, -0.05) is 35.9 Å². The van der Waals surface area contributed by atoms with Crippen molar-refractivity contribution in [3.63, 3.8) is 0 Å². The van der Waals surface area contributed by atoms with Crippen LogP contribution in [0.15, 0.2) is 48.5 Å². The molecule has 29 heavy (non-hydrogen) atoms. The zero-order valence-electron chi connectivity index (χ0n) is 16.1. The third kappa shape index (κ3) is 4.90. The largest absolute Gasteiger partial charge is 0.573 e. The molecule has 0 bridgehead atoms. The standard InChI is InChI=1S/C22H23F3N2O2/c1-14-5-7-15(8-6-14)11-27-12-19-18(20(19)13-27)10-26-21(28)16-3-2-4-17(9-16)29-22(23,24)25/h2-9,18-20H,10-13H2,1H3,(H,26,28). The summed E-state index contributed by atoms with van der Waals surface area (Å²) >= 11 is 0. The Morgan fingerprint density at radius 3 is 2.48 bits per heavy atom. The first-order valence-electron chi connectivity index (χ1n) is 9.70. The van der Waals surface area contributed by atoms with Gasteiger partial charge in [0.25, 0.3) is 5.91 Å². The van der Waals surface area contributed by atoms with Crippen molar-refractivity contribution in [2.45, 2.75) is 19.8 Å². The van der Waals surface area contributed by atoms with Crippen molar-refractivity contribution in [2.24, 2.45) is 17.8 Å². The minimum absolute atomic E-state index is 0.165. The molecule has 2 aromatic rings. The highest BCUT2D eigenvalue weighted by atomic mass is 19.4. The number of likely N-dealkylation sites (tertiary alicyclic amines) is 1. The summed E-state index contributed by atoms with van der Waals surface area (Å²) in [6.45, 7) is 5.62. The van der Waals surface area contributed by atoms with E-state index in [1.807, 2.05) is 0 Å². The maximum atomic E-state index is 12.3. The van der Waals surface area contributed by atoms with E-state index in [2.05, 4.69) is 46.1 Å². The summed E-state index contributed by atoms with van der Waals surface area (Å²) in [7, 11) is 0. The first-order chi connectivity index (χ1) is 13.8. The van der Waals surface area contributed by atoms with E-state index in [9.17, 15) is 18.0 Å². The molecule has 4 rings (SSSR count). The second-order valence-electron chi connectivity index (χ2n) is 7.96. The highest BCUT2D eigenvalue weighted by Crippen LogP contribution is 2.51. The predicted octanol–water partition coefficient (Wildman–Crippen LogP) is 4.00. The number of ether oxygens (including phenoxy) is 1. The lowest BCUT2D eigenvalue weighted by Crippen LogP contribution is -2.30. The number of halogens is 3. The summed E-state index contributed by atoms with van der Waals surface area (Å²) in [5, 5.41) is 2.86. The molecule has 1 amide bonds. The average molecular weight is 404 g/mol. The first kappa shape index (κ1) is 19.8. The molecule has 2 aliphatic rings. The van der Waals surface area contributed by atoms with Gasteiger partial charge in [-0.15, -0.1) is 13.2 Å². The molecule has 1 N–H and O–H groups in total. The lowest BCUT2D eigenvalue weighted by atomic mass is 10.1. The maximum absolute atomic E-state index is 12.3. The normalized spacial score (nSPS) is 23.5. The van der Waals surface area contributed by atoms with Crippen molar-refractivity contribution in [1.82, 2.24) is 10.2 Å². The number of carbonyl (C=O) groups excluding carboxylic acids is 1.